The maximum atomic E-state index is 13.7. The van der Waals surface area contributed by atoms with Crippen molar-refractivity contribution in [2.45, 2.75) is 27.3 Å². The second-order valence-electron chi connectivity index (χ2n) is 7.75. The number of rotatable bonds is 4. The summed E-state index contributed by atoms with van der Waals surface area (Å²) in [5.41, 5.74) is 3.07. The monoisotopic (exact) mass is 418 g/mol. The predicted octanol–water partition coefficient (Wildman–Crippen LogP) is 4.88. The van der Waals surface area contributed by atoms with Gasteiger partial charge in [-0.2, -0.15) is 0 Å². The number of aromatic nitrogens is 2. The molecule has 156 valence electrons. The van der Waals surface area contributed by atoms with Gasteiger partial charge in [-0.15, -0.1) is 0 Å². The van der Waals surface area contributed by atoms with Crippen LogP contribution in [-0.4, -0.2) is 15.3 Å². The van der Waals surface area contributed by atoms with E-state index in [0.717, 1.165) is 17.2 Å². The molecule has 6 heteroatoms. The van der Waals surface area contributed by atoms with E-state index < -0.39 is 22.8 Å². The first-order valence-electron chi connectivity index (χ1n) is 9.80. The summed E-state index contributed by atoms with van der Waals surface area (Å²) >= 11 is 0. The molecule has 0 bridgehead atoms. The van der Waals surface area contributed by atoms with E-state index in [1.165, 1.54) is 18.3 Å². The number of fused-ring (bicyclic) bond motifs is 1. The average Bonchev–Trinajstić information content (AvgIpc) is 2.70. The summed E-state index contributed by atoms with van der Waals surface area (Å²) in [6.07, 6.45) is 1.43. The predicted molar refractivity (Wildman–Crippen MR) is 116 cm³/mol. The summed E-state index contributed by atoms with van der Waals surface area (Å²) < 4.78 is 29.0. The van der Waals surface area contributed by atoms with Crippen molar-refractivity contribution in [3.8, 4) is 0 Å². The van der Waals surface area contributed by atoms with Crippen LogP contribution in [0.2, 0.25) is 0 Å². The second-order valence-corrected chi connectivity index (χ2v) is 7.75. The number of aryl methyl sites for hydroxylation is 3. The average molecular weight is 418 g/mol. The van der Waals surface area contributed by atoms with Gasteiger partial charge in [-0.25, -0.2) is 13.8 Å². The molecule has 0 aliphatic carbocycles. The Morgan fingerprint density at radius 1 is 0.935 bits per heavy atom. The lowest BCUT2D eigenvalue weighted by atomic mass is 9.97. The molecule has 2 aromatic heterocycles. The van der Waals surface area contributed by atoms with E-state index in [0.29, 0.717) is 22.5 Å². The molecule has 0 aliphatic heterocycles. The molecule has 0 saturated carbocycles. The summed E-state index contributed by atoms with van der Waals surface area (Å²) in [5.74, 6) is -1.79. The Morgan fingerprint density at radius 2 is 1.65 bits per heavy atom. The molecular weight excluding hydrogens is 398 g/mol. The van der Waals surface area contributed by atoms with Crippen molar-refractivity contribution in [3.63, 3.8) is 0 Å². The van der Waals surface area contributed by atoms with Crippen LogP contribution in [0.1, 0.15) is 38.3 Å². The molecule has 4 nitrogen and oxygen atoms in total. The van der Waals surface area contributed by atoms with Crippen molar-refractivity contribution in [1.29, 1.82) is 0 Å². The number of ketones is 1. The van der Waals surface area contributed by atoms with Crippen LogP contribution < -0.4 is 5.43 Å². The Labute approximate surface area is 177 Å². The zero-order valence-corrected chi connectivity index (χ0v) is 17.4. The van der Waals surface area contributed by atoms with E-state index in [1.807, 2.05) is 26.0 Å². The van der Waals surface area contributed by atoms with E-state index in [1.54, 1.807) is 29.7 Å². The lowest BCUT2D eigenvalue weighted by Crippen LogP contribution is -2.21. The van der Waals surface area contributed by atoms with Crippen LogP contribution in [0.5, 0.6) is 0 Å². The third-order valence-electron chi connectivity index (χ3n) is 5.22. The molecule has 0 saturated heterocycles. The molecule has 0 N–H and O–H groups in total. The summed E-state index contributed by atoms with van der Waals surface area (Å²) in [4.78, 5) is 30.9. The van der Waals surface area contributed by atoms with Crippen molar-refractivity contribution < 1.29 is 13.6 Å². The number of halogens is 2. The molecular formula is C25H20F2N2O2. The highest BCUT2D eigenvalue weighted by Gasteiger charge is 2.20. The van der Waals surface area contributed by atoms with Crippen molar-refractivity contribution in [3.05, 3.63) is 110 Å². The molecule has 0 aliphatic rings. The fourth-order valence-corrected chi connectivity index (χ4v) is 3.67. The molecule has 2 aromatic carbocycles. The third-order valence-corrected chi connectivity index (χ3v) is 5.22. The maximum Gasteiger partial charge on any atom is 0.202 e. The zero-order chi connectivity index (χ0) is 22.3. The van der Waals surface area contributed by atoms with Gasteiger partial charge in [0.2, 0.25) is 5.43 Å². The normalized spacial score (nSPS) is 11.1. The van der Waals surface area contributed by atoms with Crippen LogP contribution in [0.25, 0.3) is 11.0 Å². The van der Waals surface area contributed by atoms with Gasteiger partial charge in [0.05, 0.1) is 10.9 Å². The van der Waals surface area contributed by atoms with E-state index >= 15 is 0 Å². The first-order chi connectivity index (χ1) is 14.7. The SMILES string of the molecule is Cc1ccc(C)c(C(=O)c2cn(Cc3cc(F)cc(F)c3)c3nc(C)ccc3c2=O)c1. The summed E-state index contributed by atoms with van der Waals surface area (Å²) in [7, 11) is 0. The van der Waals surface area contributed by atoms with Crippen molar-refractivity contribution >= 4 is 16.8 Å². The zero-order valence-electron chi connectivity index (χ0n) is 17.4. The lowest BCUT2D eigenvalue weighted by Gasteiger charge is -2.14. The number of pyridine rings is 2. The van der Waals surface area contributed by atoms with Crippen molar-refractivity contribution in [2.75, 3.05) is 0 Å². The minimum Gasteiger partial charge on any atom is -0.327 e. The smallest absolute Gasteiger partial charge is 0.202 e. The molecule has 0 atom stereocenters. The molecule has 0 unspecified atom stereocenters. The van der Waals surface area contributed by atoms with Crippen LogP contribution in [0.3, 0.4) is 0 Å². The van der Waals surface area contributed by atoms with Crippen LogP contribution in [0, 0.1) is 32.4 Å². The fraction of sp³-hybridized carbons (Fsp3) is 0.160. The summed E-state index contributed by atoms with van der Waals surface area (Å²) in [6.45, 7) is 5.52. The molecule has 31 heavy (non-hydrogen) atoms. The van der Waals surface area contributed by atoms with E-state index in [2.05, 4.69) is 4.98 Å². The van der Waals surface area contributed by atoms with Gasteiger partial charge in [0, 0.05) is 30.1 Å². The van der Waals surface area contributed by atoms with E-state index in [9.17, 15) is 18.4 Å². The van der Waals surface area contributed by atoms with E-state index in [-0.39, 0.29) is 17.5 Å². The number of hydrogen-bond donors (Lipinski definition) is 0. The minimum absolute atomic E-state index is 0.0104. The van der Waals surface area contributed by atoms with Gasteiger partial charge in [-0.05, 0) is 62.2 Å². The number of carbonyl (C=O) groups is 1. The first-order valence-corrected chi connectivity index (χ1v) is 9.80. The Balaban J connectivity index is 1.94. The Morgan fingerprint density at radius 3 is 2.35 bits per heavy atom. The number of carbonyl (C=O) groups excluding carboxylic acids is 1. The van der Waals surface area contributed by atoms with Gasteiger partial charge < -0.3 is 4.57 Å². The quantitative estimate of drug-likeness (QED) is 0.444. The maximum absolute atomic E-state index is 13.7. The Bertz CT molecular complexity index is 1390. The highest BCUT2D eigenvalue weighted by atomic mass is 19.1. The molecule has 4 aromatic rings. The summed E-state index contributed by atoms with van der Waals surface area (Å²) in [5, 5.41) is 0.277. The molecule has 0 fully saturated rings. The second kappa shape index (κ2) is 7.87. The molecule has 4 rings (SSSR count). The highest BCUT2D eigenvalue weighted by molar-refractivity contribution is 6.10. The van der Waals surface area contributed by atoms with Crippen LogP contribution >= 0.6 is 0 Å². The molecule has 0 amide bonds. The third kappa shape index (κ3) is 4.01. The fourth-order valence-electron chi connectivity index (χ4n) is 3.67. The summed E-state index contributed by atoms with van der Waals surface area (Å²) in [6, 6.07) is 12.0. The topological polar surface area (TPSA) is 52.0 Å². The molecule has 0 radical (unpaired) electrons. The van der Waals surface area contributed by atoms with Gasteiger partial charge in [0.25, 0.3) is 0 Å². The van der Waals surface area contributed by atoms with Crippen molar-refractivity contribution in [2.24, 2.45) is 0 Å². The molecule has 0 spiro atoms. The standard InChI is InChI=1S/C25H20F2N2O2/c1-14-4-5-15(2)21(8-14)24(31)22-13-29(12-17-9-18(26)11-19(27)10-17)25-20(23(22)30)7-6-16(3)28-25/h4-11,13H,12H2,1-3H3. The lowest BCUT2D eigenvalue weighted by molar-refractivity contribution is 0.103. The van der Waals surface area contributed by atoms with E-state index in [4.69, 9.17) is 0 Å². The number of nitrogens with zero attached hydrogens (tertiary/aromatic N) is 2. The van der Waals surface area contributed by atoms with Gasteiger partial charge in [0.1, 0.15) is 17.3 Å². The Kier molecular flexibility index (Phi) is 5.23. The van der Waals surface area contributed by atoms with Gasteiger partial charge in [-0.3, -0.25) is 9.59 Å². The van der Waals surface area contributed by atoms with Crippen molar-refractivity contribution in [1.82, 2.24) is 9.55 Å². The van der Waals surface area contributed by atoms with Crippen LogP contribution in [0.15, 0.2) is 59.5 Å². The Hall–Kier alpha value is -3.67. The minimum atomic E-state index is -0.698. The van der Waals surface area contributed by atoms with Gasteiger partial charge >= 0.3 is 0 Å². The highest BCUT2D eigenvalue weighted by Crippen LogP contribution is 2.19. The number of hydrogen-bond acceptors (Lipinski definition) is 3. The largest absolute Gasteiger partial charge is 0.327 e. The molecule has 2 heterocycles. The first kappa shape index (κ1) is 20.6. The number of benzene rings is 2. The van der Waals surface area contributed by atoms with Crippen LogP contribution in [-0.2, 0) is 6.54 Å². The van der Waals surface area contributed by atoms with Gasteiger partial charge in [0.15, 0.2) is 5.78 Å². The van der Waals surface area contributed by atoms with Crippen LogP contribution in [0.4, 0.5) is 8.78 Å². The van der Waals surface area contributed by atoms with Gasteiger partial charge in [-0.1, -0.05) is 17.7 Å².